The highest BCUT2D eigenvalue weighted by atomic mass is 32.2. The molecule has 0 saturated carbocycles. The Hall–Kier alpha value is -2.62. The standard InChI is InChI=1S/C17H16BNO6S/c1-11-3-5-12(6-4-11)26(23,24)19-10-9-13-15(18(21)22)8-7-14(16(13)19)17(20)25-2/h3-10,21-22H,1-2H3. The molecule has 0 saturated heterocycles. The Bertz CT molecular complexity index is 1090. The number of aryl methyl sites for hydroxylation is 1. The van der Waals surface area contributed by atoms with Crippen LogP contribution < -0.4 is 5.46 Å². The van der Waals surface area contributed by atoms with Crippen molar-refractivity contribution in [1.82, 2.24) is 3.97 Å². The second kappa shape index (κ2) is 6.60. The molecule has 9 heteroatoms. The van der Waals surface area contributed by atoms with Gasteiger partial charge in [-0.05, 0) is 36.7 Å². The lowest BCUT2D eigenvalue weighted by atomic mass is 9.77. The largest absolute Gasteiger partial charge is 0.489 e. The summed E-state index contributed by atoms with van der Waals surface area (Å²) in [4.78, 5) is 12.2. The quantitative estimate of drug-likeness (QED) is 0.514. The molecule has 0 spiro atoms. The SMILES string of the molecule is COC(=O)c1ccc(B(O)O)c2ccn(S(=O)(=O)c3ccc(C)cc3)c12. The summed E-state index contributed by atoms with van der Waals surface area (Å²) >= 11 is 0. The van der Waals surface area contributed by atoms with Crippen molar-refractivity contribution in [1.29, 1.82) is 0 Å². The molecule has 134 valence electrons. The maximum Gasteiger partial charge on any atom is 0.489 e. The first-order valence-corrected chi connectivity index (χ1v) is 9.12. The molecule has 1 heterocycles. The average Bonchev–Trinajstić information content (AvgIpc) is 3.06. The summed E-state index contributed by atoms with van der Waals surface area (Å²) in [7, 11) is -4.63. The highest BCUT2D eigenvalue weighted by Crippen LogP contribution is 2.25. The van der Waals surface area contributed by atoms with Gasteiger partial charge in [-0.25, -0.2) is 17.2 Å². The van der Waals surface area contributed by atoms with Crippen LogP contribution in [-0.2, 0) is 14.8 Å². The van der Waals surface area contributed by atoms with Crippen LogP contribution in [0, 0.1) is 6.92 Å². The van der Waals surface area contributed by atoms with Gasteiger partial charge in [-0.1, -0.05) is 23.8 Å². The van der Waals surface area contributed by atoms with E-state index in [9.17, 15) is 23.3 Å². The lowest BCUT2D eigenvalue weighted by Gasteiger charge is -2.12. The maximum absolute atomic E-state index is 13.1. The Kier molecular flexibility index (Phi) is 4.62. The van der Waals surface area contributed by atoms with Crippen molar-refractivity contribution in [3.63, 3.8) is 0 Å². The van der Waals surface area contributed by atoms with Crippen LogP contribution in [0.2, 0.25) is 0 Å². The molecule has 2 N–H and O–H groups in total. The minimum absolute atomic E-state index is 0.00702. The predicted octanol–water partition coefficient (Wildman–Crippen LogP) is 0.653. The van der Waals surface area contributed by atoms with E-state index in [1.807, 2.05) is 6.92 Å². The van der Waals surface area contributed by atoms with E-state index >= 15 is 0 Å². The number of carbonyl (C=O) groups excluding carboxylic acids is 1. The van der Waals surface area contributed by atoms with Gasteiger partial charge in [0.25, 0.3) is 10.0 Å². The summed E-state index contributed by atoms with van der Waals surface area (Å²) < 4.78 is 31.8. The van der Waals surface area contributed by atoms with Crippen LogP contribution in [0.15, 0.2) is 53.6 Å². The van der Waals surface area contributed by atoms with Crippen LogP contribution in [-0.4, -0.2) is 42.6 Å². The molecular formula is C17H16BNO6S. The van der Waals surface area contributed by atoms with E-state index in [-0.39, 0.29) is 26.8 Å². The second-order valence-electron chi connectivity index (χ2n) is 5.76. The van der Waals surface area contributed by atoms with Gasteiger partial charge in [-0.3, -0.25) is 0 Å². The molecule has 0 aliphatic carbocycles. The van der Waals surface area contributed by atoms with Gasteiger partial charge in [-0.2, -0.15) is 0 Å². The van der Waals surface area contributed by atoms with Crippen molar-refractivity contribution >= 4 is 39.5 Å². The van der Waals surface area contributed by atoms with Gasteiger partial charge in [0.2, 0.25) is 0 Å². The molecule has 0 aliphatic rings. The number of hydrogen-bond donors (Lipinski definition) is 2. The molecule has 2 aromatic carbocycles. The fourth-order valence-electron chi connectivity index (χ4n) is 2.78. The Morgan fingerprint density at radius 3 is 2.31 bits per heavy atom. The number of fused-ring (bicyclic) bond motifs is 1. The summed E-state index contributed by atoms with van der Waals surface area (Å²) in [6.07, 6.45) is 1.28. The Morgan fingerprint density at radius 1 is 1.08 bits per heavy atom. The van der Waals surface area contributed by atoms with Crippen molar-refractivity contribution in [3.8, 4) is 0 Å². The summed E-state index contributed by atoms with van der Waals surface area (Å²) in [6, 6.07) is 10.4. The zero-order valence-electron chi connectivity index (χ0n) is 14.1. The van der Waals surface area contributed by atoms with E-state index in [1.165, 1.54) is 43.6 Å². The van der Waals surface area contributed by atoms with Gasteiger partial charge in [-0.15, -0.1) is 0 Å². The number of nitrogens with zero attached hydrogens (tertiary/aromatic N) is 1. The maximum atomic E-state index is 13.1. The summed E-state index contributed by atoms with van der Waals surface area (Å²) in [5.74, 6) is -0.729. The molecule has 1 aromatic heterocycles. The molecule has 0 amide bonds. The first-order chi connectivity index (χ1) is 12.3. The van der Waals surface area contributed by atoms with E-state index in [4.69, 9.17) is 4.74 Å². The van der Waals surface area contributed by atoms with Crippen molar-refractivity contribution in [3.05, 3.63) is 59.8 Å². The molecule has 26 heavy (non-hydrogen) atoms. The van der Waals surface area contributed by atoms with Crippen molar-refractivity contribution in [2.45, 2.75) is 11.8 Å². The number of esters is 1. The zero-order valence-corrected chi connectivity index (χ0v) is 14.9. The first kappa shape index (κ1) is 18.2. The monoisotopic (exact) mass is 373 g/mol. The van der Waals surface area contributed by atoms with Crippen LogP contribution in [0.1, 0.15) is 15.9 Å². The molecule has 0 unspecified atom stereocenters. The molecule has 7 nitrogen and oxygen atoms in total. The second-order valence-corrected chi connectivity index (χ2v) is 7.57. The van der Waals surface area contributed by atoms with Gasteiger partial charge in [0, 0.05) is 11.6 Å². The number of methoxy groups -OCH3 is 1. The van der Waals surface area contributed by atoms with Gasteiger partial charge in [0.05, 0.1) is 23.1 Å². The normalized spacial score (nSPS) is 11.5. The number of hydrogen-bond acceptors (Lipinski definition) is 6. The summed E-state index contributed by atoms with van der Waals surface area (Å²) in [5.41, 5.74) is 1.03. The molecule has 0 bridgehead atoms. The molecule has 3 rings (SSSR count). The van der Waals surface area contributed by atoms with E-state index in [0.29, 0.717) is 0 Å². The van der Waals surface area contributed by atoms with Crippen molar-refractivity contribution < 1.29 is 28.0 Å². The third kappa shape index (κ3) is 2.90. The lowest BCUT2D eigenvalue weighted by Crippen LogP contribution is -2.31. The van der Waals surface area contributed by atoms with Crippen LogP contribution in [0.4, 0.5) is 0 Å². The van der Waals surface area contributed by atoms with Crippen LogP contribution >= 0.6 is 0 Å². The molecular weight excluding hydrogens is 357 g/mol. The summed E-state index contributed by atoms with van der Waals surface area (Å²) in [6.45, 7) is 1.84. The molecule has 0 atom stereocenters. The Morgan fingerprint density at radius 2 is 1.73 bits per heavy atom. The minimum atomic E-state index is -4.00. The van der Waals surface area contributed by atoms with E-state index in [0.717, 1.165) is 9.54 Å². The zero-order chi connectivity index (χ0) is 19.1. The topological polar surface area (TPSA) is 106 Å². The van der Waals surface area contributed by atoms with E-state index in [2.05, 4.69) is 0 Å². The molecule has 0 radical (unpaired) electrons. The number of ether oxygens (including phenoxy) is 1. The smallest absolute Gasteiger partial charge is 0.465 e. The predicted molar refractivity (Wildman–Crippen MR) is 96.9 cm³/mol. The minimum Gasteiger partial charge on any atom is -0.465 e. The number of carbonyl (C=O) groups is 1. The van der Waals surface area contributed by atoms with Crippen molar-refractivity contribution in [2.24, 2.45) is 0 Å². The van der Waals surface area contributed by atoms with Crippen LogP contribution in [0.5, 0.6) is 0 Å². The average molecular weight is 373 g/mol. The third-order valence-electron chi connectivity index (χ3n) is 4.11. The molecule has 3 aromatic rings. The van der Waals surface area contributed by atoms with Gasteiger partial charge >= 0.3 is 13.1 Å². The highest BCUT2D eigenvalue weighted by molar-refractivity contribution is 7.90. The number of benzene rings is 2. The number of aromatic nitrogens is 1. The fourth-order valence-corrected chi connectivity index (χ4v) is 4.14. The molecule has 0 fully saturated rings. The van der Waals surface area contributed by atoms with Crippen LogP contribution in [0.25, 0.3) is 10.9 Å². The third-order valence-corrected chi connectivity index (χ3v) is 5.80. The Balaban J connectivity index is 2.34. The fraction of sp³-hybridized carbons (Fsp3) is 0.118. The Labute approximate surface area is 150 Å². The lowest BCUT2D eigenvalue weighted by molar-refractivity contribution is 0.0602. The van der Waals surface area contributed by atoms with Gasteiger partial charge < -0.3 is 14.8 Å². The first-order valence-electron chi connectivity index (χ1n) is 7.68. The summed E-state index contributed by atoms with van der Waals surface area (Å²) in [5, 5.41) is 19.3. The molecule has 0 aliphatic heterocycles. The van der Waals surface area contributed by atoms with Gasteiger partial charge in [0.15, 0.2) is 0 Å². The van der Waals surface area contributed by atoms with Gasteiger partial charge in [0.1, 0.15) is 0 Å². The van der Waals surface area contributed by atoms with Crippen LogP contribution in [0.3, 0.4) is 0 Å². The highest BCUT2D eigenvalue weighted by Gasteiger charge is 2.26. The van der Waals surface area contributed by atoms with E-state index in [1.54, 1.807) is 12.1 Å². The van der Waals surface area contributed by atoms with E-state index < -0.39 is 23.1 Å². The number of rotatable bonds is 4. The van der Waals surface area contributed by atoms with Crippen molar-refractivity contribution in [2.75, 3.05) is 7.11 Å².